The summed E-state index contributed by atoms with van der Waals surface area (Å²) < 4.78 is 19.8. The van der Waals surface area contributed by atoms with E-state index in [1.807, 2.05) is 19.1 Å². The zero-order chi connectivity index (χ0) is 11.6. The van der Waals surface area contributed by atoms with E-state index < -0.39 is 5.67 Å². The fourth-order valence-corrected chi connectivity index (χ4v) is 1.68. The molecule has 0 spiro atoms. The van der Waals surface area contributed by atoms with Crippen LogP contribution < -0.4 is 10.5 Å². The second-order valence-electron chi connectivity index (χ2n) is 4.36. The van der Waals surface area contributed by atoms with Crippen molar-refractivity contribution >= 4 is 0 Å². The van der Waals surface area contributed by atoms with Crippen LogP contribution in [0.4, 0.5) is 4.39 Å². The monoisotopic (exact) mass is 223 g/mol. The van der Waals surface area contributed by atoms with E-state index >= 15 is 0 Å². The third-order valence-electron chi connectivity index (χ3n) is 3.08. The van der Waals surface area contributed by atoms with Crippen molar-refractivity contribution in [2.75, 3.05) is 6.54 Å². The maximum absolute atomic E-state index is 14.2. The second kappa shape index (κ2) is 4.42. The molecule has 1 aliphatic carbocycles. The van der Waals surface area contributed by atoms with Gasteiger partial charge in [-0.2, -0.15) is 0 Å². The highest BCUT2D eigenvalue weighted by molar-refractivity contribution is 5.31. The zero-order valence-corrected chi connectivity index (χ0v) is 9.58. The summed E-state index contributed by atoms with van der Waals surface area (Å²) in [5.41, 5.74) is 4.71. The normalized spacial score (nSPS) is 19.2. The standard InChI is InChI=1S/C13H18FNO/c1-2-13(14,9-15)10-3-5-11(6-4-10)16-12-7-8-12/h3-6,12H,2,7-9,15H2,1H3. The van der Waals surface area contributed by atoms with Crippen LogP contribution in [0.5, 0.6) is 5.75 Å². The Balaban J connectivity index is 2.10. The van der Waals surface area contributed by atoms with Gasteiger partial charge in [-0.15, -0.1) is 0 Å². The molecule has 2 rings (SSSR count). The maximum atomic E-state index is 14.2. The fraction of sp³-hybridized carbons (Fsp3) is 0.538. The molecule has 1 atom stereocenters. The number of rotatable bonds is 5. The minimum atomic E-state index is -1.40. The van der Waals surface area contributed by atoms with E-state index in [1.165, 1.54) is 0 Å². The lowest BCUT2D eigenvalue weighted by molar-refractivity contribution is 0.169. The van der Waals surface area contributed by atoms with Gasteiger partial charge in [0.1, 0.15) is 11.4 Å². The lowest BCUT2D eigenvalue weighted by atomic mass is 9.93. The van der Waals surface area contributed by atoms with Gasteiger partial charge in [0.05, 0.1) is 6.10 Å². The number of nitrogens with two attached hydrogens (primary N) is 1. The summed E-state index contributed by atoms with van der Waals surface area (Å²) in [5, 5.41) is 0. The first-order valence-corrected chi connectivity index (χ1v) is 5.84. The molecule has 2 N–H and O–H groups in total. The third kappa shape index (κ3) is 2.35. The number of alkyl halides is 1. The van der Waals surface area contributed by atoms with Crippen LogP contribution in [-0.4, -0.2) is 12.6 Å². The number of hydrogen-bond acceptors (Lipinski definition) is 2. The van der Waals surface area contributed by atoms with Crippen LogP contribution in [0, 0.1) is 0 Å². The molecule has 0 bridgehead atoms. The van der Waals surface area contributed by atoms with Crippen LogP contribution in [0.15, 0.2) is 24.3 Å². The van der Waals surface area contributed by atoms with Crippen molar-refractivity contribution < 1.29 is 9.13 Å². The van der Waals surface area contributed by atoms with Gasteiger partial charge < -0.3 is 10.5 Å². The van der Waals surface area contributed by atoms with Crippen molar-refractivity contribution in [3.63, 3.8) is 0 Å². The van der Waals surface area contributed by atoms with E-state index in [0.29, 0.717) is 18.1 Å². The van der Waals surface area contributed by atoms with Crippen LogP contribution in [0.3, 0.4) is 0 Å². The van der Waals surface area contributed by atoms with Crippen LogP contribution >= 0.6 is 0 Å². The van der Waals surface area contributed by atoms with E-state index in [-0.39, 0.29) is 6.54 Å². The van der Waals surface area contributed by atoms with Gasteiger partial charge in [-0.05, 0) is 37.0 Å². The lowest BCUT2D eigenvalue weighted by Crippen LogP contribution is -2.29. The first-order chi connectivity index (χ1) is 7.68. The van der Waals surface area contributed by atoms with Gasteiger partial charge in [-0.1, -0.05) is 19.1 Å². The average molecular weight is 223 g/mol. The Morgan fingerprint density at radius 2 is 2.00 bits per heavy atom. The van der Waals surface area contributed by atoms with E-state index in [2.05, 4.69) is 0 Å². The summed E-state index contributed by atoms with van der Waals surface area (Å²) in [6, 6.07) is 7.20. The molecular weight excluding hydrogens is 205 g/mol. The van der Waals surface area contributed by atoms with Gasteiger partial charge in [0.25, 0.3) is 0 Å². The van der Waals surface area contributed by atoms with Gasteiger partial charge >= 0.3 is 0 Å². The summed E-state index contributed by atoms with van der Waals surface area (Å²) in [5.74, 6) is 0.821. The van der Waals surface area contributed by atoms with E-state index in [4.69, 9.17) is 10.5 Å². The molecule has 2 nitrogen and oxygen atoms in total. The van der Waals surface area contributed by atoms with E-state index in [0.717, 1.165) is 18.6 Å². The largest absolute Gasteiger partial charge is 0.490 e. The molecule has 0 heterocycles. The first kappa shape index (κ1) is 11.4. The lowest BCUT2D eigenvalue weighted by Gasteiger charge is -2.22. The summed E-state index contributed by atoms with van der Waals surface area (Å²) in [6.07, 6.45) is 3.03. The first-order valence-electron chi connectivity index (χ1n) is 5.84. The van der Waals surface area contributed by atoms with Crippen molar-refractivity contribution in [3.05, 3.63) is 29.8 Å². The highest BCUT2D eigenvalue weighted by Crippen LogP contribution is 2.31. The van der Waals surface area contributed by atoms with E-state index in [9.17, 15) is 4.39 Å². The summed E-state index contributed by atoms with van der Waals surface area (Å²) in [4.78, 5) is 0. The molecule has 0 amide bonds. The molecule has 0 radical (unpaired) electrons. The minimum absolute atomic E-state index is 0.0202. The molecule has 1 aliphatic rings. The average Bonchev–Trinajstić information content (AvgIpc) is 3.13. The predicted molar refractivity (Wildman–Crippen MR) is 62.2 cm³/mol. The van der Waals surface area contributed by atoms with Gasteiger partial charge in [0.15, 0.2) is 0 Å². The molecule has 1 saturated carbocycles. The van der Waals surface area contributed by atoms with Crippen molar-refractivity contribution in [3.8, 4) is 5.75 Å². The van der Waals surface area contributed by atoms with Gasteiger partial charge in [-0.3, -0.25) is 0 Å². The Bertz CT molecular complexity index is 341. The van der Waals surface area contributed by atoms with Crippen LogP contribution in [-0.2, 0) is 5.67 Å². The Kier molecular flexibility index (Phi) is 3.15. The molecule has 16 heavy (non-hydrogen) atoms. The fourth-order valence-electron chi connectivity index (χ4n) is 1.68. The minimum Gasteiger partial charge on any atom is -0.490 e. The van der Waals surface area contributed by atoms with Crippen LogP contribution in [0.1, 0.15) is 31.7 Å². The molecule has 1 aromatic carbocycles. The van der Waals surface area contributed by atoms with Crippen molar-refractivity contribution in [1.29, 1.82) is 0 Å². The van der Waals surface area contributed by atoms with Crippen molar-refractivity contribution in [2.45, 2.75) is 38.0 Å². The molecule has 1 fully saturated rings. The van der Waals surface area contributed by atoms with Crippen LogP contribution in [0.2, 0.25) is 0 Å². The molecule has 0 saturated heterocycles. The number of halogens is 1. The van der Waals surface area contributed by atoms with Crippen LogP contribution in [0.25, 0.3) is 0 Å². The molecular formula is C13H18FNO. The molecule has 1 unspecified atom stereocenters. The van der Waals surface area contributed by atoms with Gasteiger partial charge in [0.2, 0.25) is 0 Å². The number of benzene rings is 1. The van der Waals surface area contributed by atoms with Crippen molar-refractivity contribution in [1.82, 2.24) is 0 Å². The van der Waals surface area contributed by atoms with Gasteiger partial charge in [0, 0.05) is 6.54 Å². The predicted octanol–water partition coefficient (Wildman–Crippen LogP) is 2.76. The molecule has 0 aromatic heterocycles. The molecule has 1 aromatic rings. The SMILES string of the molecule is CCC(F)(CN)c1ccc(OC2CC2)cc1. The summed E-state index contributed by atoms with van der Waals surface area (Å²) in [6.45, 7) is 1.83. The van der Waals surface area contributed by atoms with E-state index in [1.54, 1.807) is 12.1 Å². The second-order valence-corrected chi connectivity index (χ2v) is 4.36. The molecule has 88 valence electrons. The van der Waals surface area contributed by atoms with Crippen molar-refractivity contribution in [2.24, 2.45) is 5.73 Å². The highest BCUT2D eigenvalue weighted by atomic mass is 19.1. The Morgan fingerprint density at radius 3 is 2.44 bits per heavy atom. The smallest absolute Gasteiger partial charge is 0.147 e. The maximum Gasteiger partial charge on any atom is 0.147 e. The Labute approximate surface area is 95.6 Å². The van der Waals surface area contributed by atoms with Gasteiger partial charge in [-0.25, -0.2) is 4.39 Å². The number of hydrogen-bond donors (Lipinski definition) is 1. The molecule has 3 heteroatoms. The number of ether oxygens (including phenoxy) is 1. The quantitative estimate of drug-likeness (QED) is 0.833. The summed E-state index contributed by atoms with van der Waals surface area (Å²) in [7, 11) is 0. The highest BCUT2D eigenvalue weighted by Gasteiger charge is 2.28. The summed E-state index contributed by atoms with van der Waals surface area (Å²) >= 11 is 0. The Hall–Kier alpha value is -1.09. The zero-order valence-electron chi connectivity index (χ0n) is 9.58. The third-order valence-corrected chi connectivity index (χ3v) is 3.08. The Morgan fingerprint density at radius 1 is 1.38 bits per heavy atom. The molecule has 0 aliphatic heterocycles. The topological polar surface area (TPSA) is 35.2 Å².